The van der Waals surface area contributed by atoms with Crippen LogP contribution in [0, 0.1) is 5.41 Å². The van der Waals surface area contributed by atoms with E-state index in [-0.39, 0.29) is 12.6 Å². The van der Waals surface area contributed by atoms with Crippen LogP contribution < -0.4 is 5.73 Å². The smallest absolute Gasteiger partial charge is 0.0583 e. The maximum absolute atomic E-state index is 8.84. The van der Waals surface area contributed by atoms with Gasteiger partial charge in [-0.2, -0.15) is 0 Å². The Hall–Kier alpha value is -0.120. The lowest BCUT2D eigenvalue weighted by Crippen LogP contribution is -2.28. The summed E-state index contributed by atoms with van der Waals surface area (Å²) in [7, 11) is 0. The molecule has 0 aromatic rings. The highest BCUT2D eigenvalue weighted by Gasteiger charge is 2.23. The van der Waals surface area contributed by atoms with Crippen molar-refractivity contribution in [3.63, 3.8) is 0 Å². The SMILES string of the molecule is CC.CC1(C)CCCCC(OCCC(N)CO)CC1. The fourth-order valence-electron chi connectivity index (χ4n) is 2.44. The minimum absolute atomic E-state index is 0.0566. The van der Waals surface area contributed by atoms with E-state index in [1.807, 2.05) is 13.8 Å². The van der Waals surface area contributed by atoms with Gasteiger partial charge in [-0.15, -0.1) is 0 Å². The maximum Gasteiger partial charge on any atom is 0.0583 e. The van der Waals surface area contributed by atoms with Gasteiger partial charge in [0.1, 0.15) is 0 Å². The van der Waals surface area contributed by atoms with Gasteiger partial charge in [-0.3, -0.25) is 0 Å². The molecule has 1 aliphatic carbocycles. The van der Waals surface area contributed by atoms with Crippen LogP contribution in [0.3, 0.4) is 0 Å². The number of rotatable bonds is 5. The average molecular weight is 273 g/mol. The minimum Gasteiger partial charge on any atom is -0.395 e. The predicted molar refractivity (Wildman–Crippen MR) is 82.2 cm³/mol. The van der Waals surface area contributed by atoms with Crippen LogP contribution in [0.15, 0.2) is 0 Å². The summed E-state index contributed by atoms with van der Waals surface area (Å²) in [4.78, 5) is 0. The van der Waals surface area contributed by atoms with E-state index >= 15 is 0 Å². The number of hydrogen-bond acceptors (Lipinski definition) is 3. The summed E-state index contributed by atoms with van der Waals surface area (Å²) in [6, 6.07) is -0.125. The zero-order valence-electron chi connectivity index (χ0n) is 13.5. The quantitative estimate of drug-likeness (QED) is 0.806. The van der Waals surface area contributed by atoms with E-state index in [2.05, 4.69) is 13.8 Å². The maximum atomic E-state index is 8.84. The molecule has 0 aliphatic heterocycles. The zero-order chi connectivity index (χ0) is 14.7. The second kappa shape index (κ2) is 10.6. The third-order valence-corrected chi connectivity index (χ3v) is 3.85. The molecule has 2 atom stereocenters. The average Bonchev–Trinajstić information content (AvgIpc) is 2.40. The molecular formula is C16H35NO2. The Morgan fingerprint density at radius 2 is 1.89 bits per heavy atom. The molecule has 0 aromatic heterocycles. The molecule has 0 spiro atoms. The number of aliphatic hydroxyl groups is 1. The van der Waals surface area contributed by atoms with E-state index in [9.17, 15) is 0 Å². The lowest BCUT2D eigenvalue weighted by Gasteiger charge is -2.30. The van der Waals surface area contributed by atoms with Crippen molar-refractivity contribution in [2.45, 2.75) is 84.8 Å². The van der Waals surface area contributed by atoms with Gasteiger partial charge in [0.2, 0.25) is 0 Å². The first-order chi connectivity index (χ1) is 9.03. The van der Waals surface area contributed by atoms with E-state index in [0.29, 0.717) is 18.1 Å². The van der Waals surface area contributed by atoms with Gasteiger partial charge in [-0.05, 0) is 37.5 Å². The third-order valence-electron chi connectivity index (χ3n) is 3.85. The Morgan fingerprint density at radius 1 is 1.21 bits per heavy atom. The molecule has 2 unspecified atom stereocenters. The second-order valence-electron chi connectivity index (χ2n) is 6.17. The monoisotopic (exact) mass is 273 g/mol. The fraction of sp³-hybridized carbons (Fsp3) is 1.00. The van der Waals surface area contributed by atoms with Crippen LogP contribution in [-0.4, -0.2) is 30.5 Å². The molecule has 1 fully saturated rings. The summed E-state index contributed by atoms with van der Waals surface area (Å²) in [5.41, 5.74) is 6.13. The Kier molecular flexibility index (Phi) is 10.6. The van der Waals surface area contributed by atoms with Crippen molar-refractivity contribution < 1.29 is 9.84 Å². The first-order valence-corrected chi connectivity index (χ1v) is 8.01. The van der Waals surface area contributed by atoms with Crippen molar-refractivity contribution in [2.75, 3.05) is 13.2 Å². The van der Waals surface area contributed by atoms with Gasteiger partial charge in [0.25, 0.3) is 0 Å². The van der Waals surface area contributed by atoms with E-state index in [1.54, 1.807) is 0 Å². The first kappa shape index (κ1) is 18.9. The summed E-state index contributed by atoms with van der Waals surface area (Å²) in [5, 5.41) is 8.84. The van der Waals surface area contributed by atoms with Gasteiger partial charge in [0, 0.05) is 12.6 Å². The fourth-order valence-corrected chi connectivity index (χ4v) is 2.44. The third kappa shape index (κ3) is 9.42. The normalized spacial score (nSPS) is 24.6. The minimum atomic E-state index is -0.125. The van der Waals surface area contributed by atoms with Crippen molar-refractivity contribution in [2.24, 2.45) is 11.1 Å². The summed E-state index contributed by atoms with van der Waals surface area (Å²) >= 11 is 0. The van der Waals surface area contributed by atoms with Gasteiger partial charge in [-0.25, -0.2) is 0 Å². The molecule has 0 heterocycles. The lowest BCUT2D eigenvalue weighted by atomic mass is 9.79. The van der Waals surface area contributed by atoms with Gasteiger partial charge in [0.05, 0.1) is 12.7 Å². The van der Waals surface area contributed by atoms with E-state index in [0.717, 1.165) is 6.42 Å². The second-order valence-corrected chi connectivity index (χ2v) is 6.17. The topological polar surface area (TPSA) is 55.5 Å². The largest absolute Gasteiger partial charge is 0.395 e. The summed E-state index contributed by atoms with van der Waals surface area (Å²) < 4.78 is 5.89. The standard InChI is InChI=1S/C14H29NO2.C2H6/c1-14(2)8-4-3-5-13(6-9-14)17-10-7-12(15)11-16;1-2/h12-13,16H,3-11,15H2,1-2H3;1-2H3. The number of aliphatic hydroxyl groups excluding tert-OH is 1. The highest BCUT2D eigenvalue weighted by atomic mass is 16.5. The highest BCUT2D eigenvalue weighted by Crippen LogP contribution is 2.33. The lowest BCUT2D eigenvalue weighted by molar-refractivity contribution is 0.0192. The predicted octanol–water partition coefficient (Wildman–Crippen LogP) is 3.49. The molecule has 0 radical (unpaired) electrons. The van der Waals surface area contributed by atoms with E-state index < -0.39 is 0 Å². The highest BCUT2D eigenvalue weighted by molar-refractivity contribution is 4.75. The first-order valence-electron chi connectivity index (χ1n) is 8.01. The van der Waals surface area contributed by atoms with E-state index in [4.69, 9.17) is 15.6 Å². The van der Waals surface area contributed by atoms with Gasteiger partial charge < -0.3 is 15.6 Å². The van der Waals surface area contributed by atoms with Crippen LogP contribution in [0.5, 0.6) is 0 Å². The van der Waals surface area contributed by atoms with Crippen LogP contribution >= 0.6 is 0 Å². The molecule has 1 saturated carbocycles. The van der Waals surface area contributed by atoms with Gasteiger partial charge in [0.15, 0.2) is 0 Å². The van der Waals surface area contributed by atoms with Crippen LogP contribution in [0.4, 0.5) is 0 Å². The van der Waals surface area contributed by atoms with Crippen LogP contribution in [0.25, 0.3) is 0 Å². The Balaban J connectivity index is 0.00000154. The molecule has 1 aliphatic rings. The number of hydrogen-bond donors (Lipinski definition) is 2. The molecule has 116 valence electrons. The summed E-state index contributed by atoms with van der Waals surface area (Å²) in [6.45, 7) is 9.46. The molecule has 19 heavy (non-hydrogen) atoms. The molecule has 1 rings (SSSR count). The van der Waals surface area contributed by atoms with Crippen molar-refractivity contribution in [3.8, 4) is 0 Å². The molecule has 0 saturated heterocycles. The number of nitrogens with two attached hydrogens (primary N) is 1. The van der Waals surface area contributed by atoms with Crippen LogP contribution in [-0.2, 0) is 4.74 Å². The molecule has 0 aromatic carbocycles. The zero-order valence-corrected chi connectivity index (χ0v) is 13.5. The summed E-state index contributed by atoms with van der Waals surface area (Å²) in [5.74, 6) is 0. The van der Waals surface area contributed by atoms with Gasteiger partial charge in [-0.1, -0.05) is 40.5 Å². The van der Waals surface area contributed by atoms with Crippen molar-refractivity contribution >= 4 is 0 Å². The van der Waals surface area contributed by atoms with Crippen molar-refractivity contribution in [1.82, 2.24) is 0 Å². The summed E-state index contributed by atoms with van der Waals surface area (Å²) in [6.07, 6.45) is 8.71. The molecule has 0 bridgehead atoms. The van der Waals surface area contributed by atoms with E-state index in [1.165, 1.54) is 38.5 Å². The Bertz CT molecular complexity index is 207. The molecule has 3 heteroatoms. The molecule has 3 nitrogen and oxygen atoms in total. The van der Waals surface area contributed by atoms with Crippen LogP contribution in [0.2, 0.25) is 0 Å². The molecule has 3 N–H and O–H groups in total. The Morgan fingerprint density at radius 3 is 2.53 bits per heavy atom. The number of ether oxygens (including phenoxy) is 1. The molecular weight excluding hydrogens is 238 g/mol. The van der Waals surface area contributed by atoms with Crippen molar-refractivity contribution in [1.29, 1.82) is 0 Å². The van der Waals surface area contributed by atoms with Crippen molar-refractivity contribution in [3.05, 3.63) is 0 Å². The molecule has 0 amide bonds. The van der Waals surface area contributed by atoms with Gasteiger partial charge >= 0.3 is 0 Å². The Labute approximate surface area is 119 Å². The van der Waals surface area contributed by atoms with Crippen LogP contribution in [0.1, 0.15) is 72.6 Å².